The number of hydrogen-bond donors (Lipinski definition) is 0. The Balaban J connectivity index is 2.09. The molecule has 0 saturated heterocycles. The molecular formula is C15H12OS. The van der Waals surface area contributed by atoms with Crippen LogP contribution in [0.5, 0.6) is 0 Å². The van der Waals surface area contributed by atoms with Gasteiger partial charge >= 0.3 is 0 Å². The van der Waals surface area contributed by atoms with Crippen LogP contribution in [0, 0.1) is 0 Å². The van der Waals surface area contributed by atoms with Crippen LogP contribution in [0.2, 0.25) is 0 Å². The molecule has 0 aliphatic carbocycles. The lowest BCUT2D eigenvalue weighted by Gasteiger charge is -2.15. The fourth-order valence-electron chi connectivity index (χ4n) is 2.10. The van der Waals surface area contributed by atoms with Gasteiger partial charge in [0.2, 0.25) is 0 Å². The summed E-state index contributed by atoms with van der Waals surface area (Å²) in [5, 5.41) is 0. The number of rotatable bonds is 1. The maximum Gasteiger partial charge on any atom is 0.173 e. The molecule has 17 heavy (non-hydrogen) atoms. The smallest absolute Gasteiger partial charge is 0.173 e. The maximum atomic E-state index is 11.8. The molecule has 0 aromatic heterocycles. The van der Waals surface area contributed by atoms with E-state index in [1.807, 2.05) is 24.3 Å². The first-order valence-electron chi connectivity index (χ1n) is 5.64. The molecule has 0 unspecified atom stereocenters. The highest BCUT2D eigenvalue weighted by Crippen LogP contribution is 2.29. The molecule has 84 valence electrons. The van der Waals surface area contributed by atoms with Crippen molar-refractivity contribution in [3.63, 3.8) is 0 Å². The van der Waals surface area contributed by atoms with Gasteiger partial charge in [-0.25, -0.2) is 0 Å². The fraction of sp³-hybridized carbons (Fsp3) is 0.133. The summed E-state index contributed by atoms with van der Waals surface area (Å²) in [6, 6.07) is 16.4. The van der Waals surface area contributed by atoms with Crippen molar-refractivity contribution in [3.05, 3.63) is 59.7 Å². The standard InChI is InChI=1S/C15H12OS/c16-15-10-17-9-13-7-6-12(8-14(13)15)11-4-2-1-3-5-11/h1-8H,9-10H2. The Labute approximate surface area is 105 Å². The summed E-state index contributed by atoms with van der Waals surface area (Å²) in [5.74, 6) is 1.83. The second-order valence-corrected chi connectivity index (χ2v) is 5.14. The molecule has 2 aromatic rings. The highest BCUT2D eigenvalue weighted by Gasteiger charge is 2.17. The van der Waals surface area contributed by atoms with E-state index in [0.717, 1.165) is 16.9 Å². The molecular weight excluding hydrogens is 228 g/mol. The lowest BCUT2D eigenvalue weighted by Crippen LogP contribution is -2.11. The number of thioether (sulfide) groups is 1. The minimum Gasteiger partial charge on any atom is -0.293 e. The van der Waals surface area contributed by atoms with Gasteiger partial charge in [-0.05, 0) is 22.8 Å². The van der Waals surface area contributed by atoms with Crippen molar-refractivity contribution in [2.75, 3.05) is 5.75 Å². The first-order chi connectivity index (χ1) is 8.34. The highest BCUT2D eigenvalue weighted by molar-refractivity contribution is 7.99. The van der Waals surface area contributed by atoms with Crippen LogP contribution in [0.15, 0.2) is 48.5 Å². The Hall–Kier alpha value is -1.54. The van der Waals surface area contributed by atoms with E-state index < -0.39 is 0 Å². The van der Waals surface area contributed by atoms with Crippen molar-refractivity contribution in [3.8, 4) is 11.1 Å². The lowest BCUT2D eigenvalue weighted by atomic mass is 9.97. The zero-order valence-electron chi connectivity index (χ0n) is 9.35. The van der Waals surface area contributed by atoms with E-state index in [1.54, 1.807) is 11.8 Å². The molecule has 1 nitrogen and oxygen atoms in total. The van der Waals surface area contributed by atoms with E-state index in [1.165, 1.54) is 11.1 Å². The van der Waals surface area contributed by atoms with Crippen LogP contribution in [-0.4, -0.2) is 11.5 Å². The molecule has 1 heterocycles. The molecule has 1 aliphatic rings. The molecule has 0 atom stereocenters. The average molecular weight is 240 g/mol. The van der Waals surface area contributed by atoms with Crippen LogP contribution in [0.3, 0.4) is 0 Å². The molecule has 0 radical (unpaired) electrons. The van der Waals surface area contributed by atoms with Crippen LogP contribution in [0.25, 0.3) is 11.1 Å². The Kier molecular flexibility index (Phi) is 2.73. The van der Waals surface area contributed by atoms with E-state index >= 15 is 0 Å². The van der Waals surface area contributed by atoms with Gasteiger partial charge < -0.3 is 0 Å². The number of carbonyl (C=O) groups excluding carboxylic acids is 1. The van der Waals surface area contributed by atoms with Gasteiger partial charge in [0.25, 0.3) is 0 Å². The fourth-order valence-corrected chi connectivity index (χ4v) is 3.02. The average Bonchev–Trinajstić information content (AvgIpc) is 2.40. The van der Waals surface area contributed by atoms with Gasteiger partial charge in [-0.3, -0.25) is 4.79 Å². The summed E-state index contributed by atoms with van der Waals surface area (Å²) in [4.78, 5) is 11.8. The minimum absolute atomic E-state index is 0.258. The SMILES string of the molecule is O=C1CSCc2ccc(-c3ccccc3)cc21. The number of Topliss-reactive ketones (excluding diaryl/α,β-unsaturated/α-hetero) is 1. The van der Waals surface area contributed by atoms with Crippen LogP contribution < -0.4 is 0 Å². The summed E-state index contributed by atoms with van der Waals surface area (Å²) in [5.41, 5.74) is 4.38. The predicted octanol–water partition coefficient (Wildman–Crippen LogP) is 3.78. The highest BCUT2D eigenvalue weighted by atomic mass is 32.2. The predicted molar refractivity (Wildman–Crippen MR) is 72.4 cm³/mol. The van der Waals surface area contributed by atoms with Crippen molar-refractivity contribution in [2.45, 2.75) is 5.75 Å². The summed E-state index contributed by atoms with van der Waals surface area (Å²) in [6.07, 6.45) is 0. The van der Waals surface area contributed by atoms with Crippen LogP contribution >= 0.6 is 11.8 Å². The lowest BCUT2D eigenvalue weighted by molar-refractivity contribution is 0.102. The minimum atomic E-state index is 0.258. The Morgan fingerprint density at radius 1 is 0.882 bits per heavy atom. The summed E-state index contributed by atoms with van der Waals surface area (Å²) >= 11 is 1.70. The zero-order chi connectivity index (χ0) is 11.7. The van der Waals surface area contributed by atoms with Crippen molar-refractivity contribution >= 4 is 17.5 Å². The number of hydrogen-bond acceptors (Lipinski definition) is 2. The molecule has 3 rings (SSSR count). The van der Waals surface area contributed by atoms with E-state index in [4.69, 9.17) is 0 Å². The molecule has 0 N–H and O–H groups in total. The monoisotopic (exact) mass is 240 g/mol. The van der Waals surface area contributed by atoms with Gasteiger partial charge in [-0.2, -0.15) is 0 Å². The molecule has 2 aromatic carbocycles. The van der Waals surface area contributed by atoms with Crippen molar-refractivity contribution in [2.24, 2.45) is 0 Å². The van der Waals surface area contributed by atoms with Crippen LogP contribution in [0.4, 0.5) is 0 Å². The van der Waals surface area contributed by atoms with Crippen LogP contribution in [0.1, 0.15) is 15.9 Å². The largest absolute Gasteiger partial charge is 0.293 e. The van der Waals surface area contributed by atoms with E-state index in [2.05, 4.69) is 24.3 Å². The Morgan fingerprint density at radius 3 is 2.53 bits per heavy atom. The molecule has 2 heteroatoms. The van der Waals surface area contributed by atoms with Gasteiger partial charge in [0.15, 0.2) is 5.78 Å². The van der Waals surface area contributed by atoms with E-state index in [-0.39, 0.29) is 5.78 Å². The zero-order valence-corrected chi connectivity index (χ0v) is 10.2. The quantitative estimate of drug-likeness (QED) is 0.754. The normalized spacial score (nSPS) is 14.5. The molecule has 0 spiro atoms. The summed E-state index contributed by atoms with van der Waals surface area (Å²) in [6.45, 7) is 0. The van der Waals surface area contributed by atoms with E-state index in [0.29, 0.717) is 5.75 Å². The Morgan fingerprint density at radius 2 is 1.71 bits per heavy atom. The third-order valence-electron chi connectivity index (χ3n) is 3.01. The van der Waals surface area contributed by atoms with Gasteiger partial charge in [-0.1, -0.05) is 42.5 Å². The Bertz CT molecular complexity index is 560. The number of ketones is 1. The second-order valence-electron chi connectivity index (χ2n) is 4.15. The maximum absolute atomic E-state index is 11.8. The first-order valence-corrected chi connectivity index (χ1v) is 6.79. The molecule has 0 bridgehead atoms. The summed E-state index contributed by atoms with van der Waals surface area (Å²) in [7, 11) is 0. The van der Waals surface area contributed by atoms with Gasteiger partial charge in [0.05, 0.1) is 5.75 Å². The van der Waals surface area contributed by atoms with Gasteiger partial charge in [0, 0.05) is 11.3 Å². The van der Waals surface area contributed by atoms with Crippen molar-refractivity contribution < 1.29 is 4.79 Å². The number of benzene rings is 2. The first kappa shape index (κ1) is 10.6. The van der Waals surface area contributed by atoms with Crippen molar-refractivity contribution in [1.29, 1.82) is 0 Å². The molecule has 1 aliphatic heterocycles. The van der Waals surface area contributed by atoms with Gasteiger partial charge in [0.1, 0.15) is 0 Å². The third-order valence-corrected chi connectivity index (χ3v) is 3.99. The van der Waals surface area contributed by atoms with Gasteiger partial charge in [-0.15, -0.1) is 11.8 Å². The molecule has 0 amide bonds. The van der Waals surface area contributed by atoms with Crippen LogP contribution in [-0.2, 0) is 5.75 Å². The van der Waals surface area contributed by atoms with Crippen molar-refractivity contribution in [1.82, 2.24) is 0 Å². The molecule has 0 saturated carbocycles. The third kappa shape index (κ3) is 2.01. The topological polar surface area (TPSA) is 17.1 Å². The number of fused-ring (bicyclic) bond motifs is 1. The molecule has 0 fully saturated rings. The summed E-state index contributed by atoms with van der Waals surface area (Å²) < 4.78 is 0. The van der Waals surface area contributed by atoms with E-state index in [9.17, 15) is 4.79 Å². The second kappa shape index (κ2) is 4.38. The number of carbonyl (C=O) groups is 1.